The maximum atomic E-state index is 5.05. The number of hydrogen-bond donors (Lipinski definition) is 4. The molecule has 4 heteroatoms. The van der Waals surface area contributed by atoms with Crippen LogP contribution in [0.25, 0.3) is 0 Å². The van der Waals surface area contributed by atoms with E-state index in [1.807, 2.05) is 0 Å². The highest BCUT2D eigenvalue weighted by Gasteiger charge is 2.05. The van der Waals surface area contributed by atoms with Crippen LogP contribution in [0.5, 0.6) is 0 Å². The van der Waals surface area contributed by atoms with Crippen LogP contribution < -0.4 is 17.2 Å². The van der Waals surface area contributed by atoms with E-state index in [1.54, 1.807) is 0 Å². The molecule has 0 aliphatic carbocycles. The maximum Gasteiger partial charge on any atom is 0.121 e. The molecule has 0 aliphatic rings. The minimum absolute atomic E-state index is 0.191. The van der Waals surface area contributed by atoms with Crippen molar-refractivity contribution in [2.24, 2.45) is 17.2 Å². The average molecular weight is 107 g/mol. The topological polar surface area (TPSA) is 78.1 Å². The van der Waals surface area contributed by atoms with Gasteiger partial charge in [0.15, 0.2) is 0 Å². The third-order valence-electron chi connectivity index (χ3n) is 0.327. The fourth-order valence-corrected chi connectivity index (χ4v) is 0. The summed E-state index contributed by atoms with van der Waals surface area (Å²) >= 11 is 3.69. The fourth-order valence-electron chi connectivity index (χ4n) is 0. The van der Waals surface area contributed by atoms with E-state index in [1.165, 1.54) is 0 Å². The van der Waals surface area contributed by atoms with Crippen molar-refractivity contribution in [2.45, 2.75) is 4.99 Å². The lowest BCUT2D eigenvalue weighted by molar-refractivity contribution is 0.660. The second-order valence-electron chi connectivity index (χ2n) is 1.20. The van der Waals surface area contributed by atoms with Gasteiger partial charge in [0, 0.05) is 6.54 Å². The van der Waals surface area contributed by atoms with Crippen LogP contribution >= 0.6 is 12.6 Å². The lowest BCUT2D eigenvalue weighted by Crippen LogP contribution is -2.49. The van der Waals surface area contributed by atoms with Crippen molar-refractivity contribution in [3.63, 3.8) is 0 Å². The van der Waals surface area contributed by atoms with Gasteiger partial charge in [0.2, 0.25) is 0 Å². The number of thiol groups is 1. The molecular weight excluding hydrogens is 98.1 g/mol. The molecular formula is C2H9N3S. The molecule has 0 amide bonds. The van der Waals surface area contributed by atoms with Crippen molar-refractivity contribution in [3.05, 3.63) is 0 Å². The summed E-state index contributed by atoms with van der Waals surface area (Å²) < 4.78 is 0. The zero-order valence-electron chi connectivity index (χ0n) is 3.39. The monoisotopic (exact) mass is 107 g/mol. The Kier molecular flexibility index (Phi) is 1.86. The highest BCUT2D eigenvalue weighted by atomic mass is 32.1. The lowest BCUT2D eigenvalue weighted by atomic mass is 10.5. The molecule has 0 aromatic heterocycles. The molecule has 0 saturated carbocycles. The minimum Gasteiger partial charge on any atom is -0.327 e. The van der Waals surface area contributed by atoms with Crippen LogP contribution in [0.2, 0.25) is 0 Å². The first-order chi connectivity index (χ1) is 2.56. The molecule has 0 rings (SSSR count). The molecule has 0 atom stereocenters. The number of hydrogen-bond acceptors (Lipinski definition) is 4. The van der Waals surface area contributed by atoms with Crippen LogP contribution in [0.4, 0.5) is 0 Å². The molecule has 0 aromatic rings. The highest BCUT2D eigenvalue weighted by molar-refractivity contribution is 7.81. The molecule has 0 radical (unpaired) electrons. The molecule has 0 bridgehead atoms. The van der Waals surface area contributed by atoms with Gasteiger partial charge in [0.05, 0.1) is 0 Å². The molecule has 0 unspecified atom stereocenters. The standard InChI is InChI=1S/C2H9N3S/c3-1-2(4,5)6/h6H,1,3-5H2. The van der Waals surface area contributed by atoms with E-state index in [4.69, 9.17) is 17.2 Å². The summed E-state index contributed by atoms with van der Waals surface area (Å²) in [5.41, 5.74) is 15.1. The largest absolute Gasteiger partial charge is 0.327 e. The van der Waals surface area contributed by atoms with Crippen LogP contribution in [0.3, 0.4) is 0 Å². The Balaban J connectivity index is 3.17. The van der Waals surface area contributed by atoms with Gasteiger partial charge in [-0.2, -0.15) is 0 Å². The summed E-state index contributed by atoms with van der Waals surface area (Å²) in [6.07, 6.45) is 0. The summed E-state index contributed by atoms with van der Waals surface area (Å²) in [6.45, 7) is 0.191. The minimum atomic E-state index is -0.986. The Morgan fingerprint density at radius 2 is 1.67 bits per heavy atom. The van der Waals surface area contributed by atoms with E-state index in [-0.39, 0.29) is 6.54 Å². The van der Waals surface area contributed by atoms with E-state index < -0.39 is 4.99 Å². The molecule has 0 heterocycles. The summed E-state index contributed by atoms with van der Waals surface area (Å²) in [6, 6.07) is 0. The third-order valence-corrected chi connectivity index (χ3v) is 0.510. The first kappa shape index (κ1) is 6.23. The summed E-state index contributed by atoms with van der Waals surface area (Å²) in [7, 11) is 0. The summed E-state index contributed by atoms with van der Waals surface area (Å²) in [5, 5.41) is 0. The van der Waals surface area contributed by atoms with Crippen molar-refractivity contribution in [1.29, 1.82) is 0 Å². The predicted molar refractivity (Wildman–Crippen MR) is 29.1 cm³/mol. The maximum absolute atomic E-state index is 5.05. The van der Waals surface area contributed by atoms with E-state index in [2.05, 4.69) is 12.6 Å². The molecule has 38 valence electrons. The van der Waals surface area contributed by atoms with E-state index in [0.29, 0.717) is 0 Å². The molecule has 0 saturated heterocycles. The van der Waals surface area contributed by atoms with Gasteiger partial charge in [-0.1, -0.05) is 0 Å². The van der Waals surface area contributed by atoms with Crippen molar-refractivity contribution in [3.8, 4) is 0 Å². The first-order valence-corrected chi connectivity index (χ1v) is 2.01. The van der Waals surface area contributed by atoms with Gasteiger partial charge in [0.25, 0.3) is 0 Å². The Labute approximate surface area is 42.3 Å². The highest BCUT2D eigenvalue weighted by Crippen LogP contribution is 1.88. The van der Waals surface area contributed by atoms with Gasteiger partial charge in [-0.05, 0) is 0 Å². The molecule has 3 nitrogen and oxygen atoms in total. The van der Waals surface area contributed by atoms with Gasteiger partial charge in [0.1, 0.15) is 4.99 Å². The van der Waals surface area contributed by atoms with Crippen LogP contribution in [0, 0.1) is 0 Å². The zero-order chi connectivity index (χ0) is 5.21. The first-order valence-electron chi connectivity index (χ1n) is 1.56. The normalized spacial score (nSPS) is 12.0. The quantitative estimate of drug-likeness (QED) is 0.242. The summed E-state index contributed by atoms with van der Waals surface area (Å²) in [4.78, 5) is -0.986. The molecule has 6 N–H and O–H groups in total. The second kappa shape index (κ2) is 1.79. The van der Waals surface area contributed by atoms with Crippen LogP contribution in [-0.2, 0) is 0 Å². The average Bonchev–Trinajstić information content (AvgIpc) is 1.35. The Morgan fingerprint density at radius 3 is 1.67 bits per heavy atom. The van der Waals surface area contributed by atoms with Crippen molar-refractivity contribution >= 4 is 12.6 Å². The third kappa shape index (κ3) is 4.23. The smallest absolute Gasteiger partial charge is 0.121 e. The fraction of sp³-hybridized carbons (Fsp3) is 1.00. The Bertz CT molecular complexity index is 38.5. The summed E-state index contributed by atoms with van der Waals surface area (Å²) in [5.74, 6) is 0. The zero-order valence-corrected chi connectivity index (χ0v) is 4.28. The van der Waals surface area contributed by atoms with Crippen molar-refractivity contribution in [2.75, 3.05) is 6.54 Å². The number of nitrogens with two attached hydrogens (primary N) is 3. The van der Waals surface area contributed by atoms with Crippen molar-refractivity contribution < 1.29 is 0 Å². The van der Waals surface area contributed by atoms with E-state index in [0.717, 1.165) is 0 Å². The molecule has 0 aliphatic heterocycles. The van der Waals surface area contributed by atoms with E-state index in [9.17, 15) is 0 Å². The molecule has 0 spiro atoms. The van der Waals surface area contributed by atoms with Crippen LogP contribution in [0.1, 0.15) is 0 Å². The van der Waals surface area contributed by atoms with Gasteiger partial charge in [-0.25, -0.2) is 0 Å². The van der Waals surface area contributed by atoms with Crippen LogP contribution in [0.15, 0.2) is 0 Å². The molecule has 0 aromatic carbocycles. The lowest BCUT2D eigenvalue weighted by Gasteiger charge is -2.12. The molecule has 0 fully saturated rings. The number of rotatable bonds is 1. The SMILES string of the molecule is NCC(N)(N)S. The van der Waals surface area contributed by atoms with Gasteiger partial charge in [-0.15, -0.1) is 12.6 Å². The Hall–Kier alpha value is 0.230. The van der Waals surface area contributed by atoms with Crippen LogP contribution in [-0.4, -0.2) is 11.5 Å². The predicted octanol–water partition coefficient (Wildman–Crippen LogP) is -1.55. The Morgan fingerprint density at radius 1 is 1.50 bits per heavy atom. The van der Waals surface area contributed by atoms with Gasteiger partial charge in [-0.3, -0.25) is 0 Å². The second-order valence-corrected chi connectivity index (χ2v) is 2.03. The van der Waals surface area contributed by atoms with Gasteiger partial charge >= 0.3 is 0 Å². The van der Waals surface area contributed by atoms with Gasteiger partial charge < -0.3 is 17.2 Å². The van der Waals surface area contributed by atoms with Crippen molar-refractivity contribution in [1.82, 2.24) is 0 Å². The van der Waals surface area contributed by atoms with E-state index >= 15 is 0 Å². The molecule has 6 heavy (non-hydrogen) atoms.